The first kappa shape index (κ1) is 19.3. The number of fused-ring (bicyclic) bond motifs is 1. The van der Waals surface area contributed by atoms with Crippen molar-refractivity contribution in [1.82, 2.24) is 9.78 Å². The highest BCUT2D eigenvalue weighted by Crippen LogP contribution is 2.36. The van der Waals surface area contributed by atoms with Gasteiger partial charge in [0.15, 0.2) is 0 Å². The first-order valence-corrected chi connectivity index (χ1v) is 8.38. The third kappa shape index (κ3) is 3.82. The molecule has 1 aromatic heterocycles. The number of anilines is 2. The van der Waals surface area contributed by atoms with E-state index in [0.717, 1.165) is 29.1 Å². The van der Waals surface area contributed by atoms with Crippen LogP contribution in [0.4, 0.5) is 33.5 Å². The van der Waals surface area contributed by atoms with Gasteiger partial charge in [-0.05, 0) is 46.9 Å². The van der Waals surface area contributed by atoms with E-state index in [1.165, 1.54) is 6.07 Å². The average Bonchev–Trinajstić information content (AvgIpc) is 2.98. The normalized spacial score (nSPS) is 13.9. The number of allylic oxidation sites excluding steroid dienone is 2. The van der Waals surface area contributed by atoms with Gasteiger partial charge in [-0.2, -0.15) is 18.3 Å². The van der Waals surface area contributed by atoms with Crippen LogP contribution in [0, 0.1) is 3.57 Å². The number of carbonyl (C=O) groups is 1. The van der Waals surface area contributed by atoms with Crippen LogP contribution < -0.4 is 10.6 Å². The smallest absolute Gasteiger partial charge is 0.340 e. The molecule has 11 heteroatoms. The van der Waals surface area contributed by atoms with Gasteiger partial charge in [-0.3, -0.25) is 4.79 Å². The second-order valence-corrected chi connectivity index (χ2v) is 6.73. The van der Waals surface area contributed by atoms with Crippen LogP contribution in [0.25, 0.3) is 5.70 Å². The number of hydrogen-bond acceptors (Lipinski definition) is 3. The topological polar surface area (TPSA) is 59.0 Å². The molecule has 27 heavy (non-hydrogen) atoms. The predicted octanol–water partition coefficient (Wildman–Crippen LogP) is 4.80. The fraction of sp³-hybridized carbons (Fsp3) is 0.125. The molecule has 0 spiro atoms. The Morgan fingerprint density at radius 2 is 2.04 bits per heavy atom. The molecule has 3 rings (SSSR count). The van der Waals surface area contributed by atoms with E-state index in [9.17, 15) is 26.7 Å². The first-order valence-electron chi connectivity index (χ1n) is 7.30. The number of amides is 1. The molecule has 0 unspecified atom stereocenters. The van der Waals surface area contributed by atoms with Crippen molar-refractivity contribution in [3.8, 4) is 0 Å². The molecule has 0 atom stereocenters. The summed E-state index contributed by atoms with van der Waals surface area (Å²) in [7, 11) is 0. The number of aromatic nitrogens is 2. The SMILES string of the molecule is C=C1C=C(C(F)F)n2ncc(C(=O)Nc3ccc(I)cc3C(F)(F)F)c2N1. The molecule has 142 valence electrons. The van der Waals surface area contributed by atoms with E-state index in [1.807, 2.05) is 0 Å². The van der Waals surface area contributed by atoms with Crippen molar-refractivity contribution in [2.24, 2.45) is 0 Å². The Balaban J connectivity index is 1.97. The van der Waals surface area contributed by atoms with Crippen LogP contribution in [0.1, 0.15) is 15.9 Å². The van der Waals surface area contributed by atoms with Gasteiger partial charge >= 0.3 is 6.18 Å². The summed E-state index contributed by atoms with van der Waals surface area (Å²) in [6.45, 7) is 3.52. The van der Waals surface area contributed by atoms with Gasteiger partial charge < -0.3 is 10.6 Å². The van der Waals surface area contributed by atoms with E-state index in [0.29, 0.717) is 3.57 Å². The van der Waals surface area contributed by atoms with Crippen molar-refractivity contribution in [3.63, 3.8) is 0 Å². The number of alkyl halides is 5. The Bertz CT molecular complexity index is 964. The van der Waals surface area contributed by atoms with E-state index in [-0.39, 0.29) is 17.1 Å². The minimum Gasteiger partial charge on any atom is -0.340 e. The fourth-order valence-corrected chi connectivity index (χ4v) is 2.95. The summed E-state index contributed by atoms with van der Waals surface area (Å²) in [5.74, 6) is -1.03. The fourth-order valence-electron chi connectivity index (χ4n) is 2.46. The molecule has 1 aliphatic heterocycles. The number of nitrogens with one attached hydrogen (secondary N) is 2. The summed E-state index contributed by atoms with van der Waals surface area (Å²) in [6.07, 6.45) is -5.51. The van der Waals surface area contributed by atoms with Gasteiger partial charge in [0.2, 0.25) is 0 Å². The van der Waals surface area contributed by atoms with Gasteiger partial charge in [0.25, 0.3) is 12.3 Å². The van der Waals surface area contributed by atoms with Crippen molar-refractivity contribution in [2.75, 3.05) is 10.6 Å². The molecule has 1 aliphatic rings. The molecule has 2 heterocycles. The minimum atomic E-state index is -4.68. The van der Waals surface area contributed by atoms with E-state index < -0.39 is 35.5 Å². The maximum atomic E-state index is 13.2. The Hall–Kier alpha value is -2.44. The Morgan fingerprint density at radius 1 is 1.33 bits per heavy atom. The van der Waals surface area contributed by atoms with E-state index >= 15 is 0 Å². The lowest BCUT2D eigenvalue weighted by atomic mass is 10.1. The lowest BCUT2D eigenvalue weighted by molar-refractivity contribution is -0.137. The molecule has 2 aromatic rings. The molecule has 0 radical (unpaired) electrons. The highest BCUT2D eigenvalue weighted by Gasteiger charge is 2.35. The van der Waals surface area contributed by atoms with E-state index in [4.69, 9.17) is 0 Å². The van der Waals surface area contributed by atoms with Crippen LogP contribution in [0.5, 0.6) is 0 Å². The second kappa shape index (κ2) is 6.94. The predicted molar refractivity (Wildman–Crippen MR) is 97.4 cm³/mol. The first-order chi connectivity index (χ1) is 12.6. The summed E-state index contributed by atoms with van der Waals surface area (Å²) < 4.78 is 67.0. The zero-order chi connectivity index (χ0) is 19.9. The Kier molecular flexibility index (Phi) is 4.97. The number of nitrogens with zero attached hydrogens (tertiary/aromatic N) is 2. The number of halogens is 6. The summed E-state index contributed by atoms with van der Waals surface area (Å²) in [5, 5.41) is 8.51. The molecular formula is C16H10F5IN4O. The number of benzene rings is 1. The molecule has 0 bridgehead atoms. The van der Waals surface area contributed by atoms with E-state index in [1.54, 1.807) is 22.6 Å². The standard InChI is InChI=1S/C16H10F5IN4O/c1-7-4-12(13(17)18)26-14(24-7)9(6-23-26)15(27)25-11-3-2-8(22)5-10(11)16(19,20)21/h2-6,13,24H,1H2,(H,25,27). The molecule has 0 saturated carbocycles. The maximum Gasteiger partial charge on any atom is 0.418 e. The summed E-state index contributed by atoms with van der Waals surface area (Å²) in [4.78, 5) is 12.5. The molecule has 0 fully saturated rings. The summed E-state index contributed by atoms with van der Waals surface area (Å²) in [5.41, 5.74) is -2.08. The second-order valence-electron chi connectivity index (χ2n) is 5.48. The zero-order valence-corrected chi connectivity index (χ0v) is 15.4. The Labute approximate surface area is 163 Å². The third-order valence-electron chi connectivity index (χ3n) is 3.62. The van der Waals surface area contributed by atoms with Crippen molar-refractivity contribution in [2.45, 2.75) is 12.6 Å². The lowest BCUT2D eigenvalue weighted by Gasteiger charge is -2.20. The van der Waals surface area contributed by atoms with Crippen LogP contribution >= 0.6 is 22.6 Å². The molecule has 1 amide bonds. The van der Waals surface area contributed by atoms with Gasteiger partial charge in [-0.15, -0.1) is 0 Å². The molecule has 0 saturated heterocycles. The average molecular weight is 496 g/mol. The van der Waals surface area contributed by atoms with Crippen LogP contribution in [-0.2, 0) is 6.18 Å². The van der Waals surface area contributed by atoms with Gasteiger partial charge in [0.1, 0.15) is 17.1 Å². The van der Waals surface area contributed by atoms with Gasteiger partial charge in [0, 0.05) is 9.27 Å². The van der Waals surface area contributed by atoms with Crippen LogP contribution in [0.15, 0.2) is 42.7 Å². The molecule has 2 N–H and O–H groups in total. The Morgan fingerprint density at radius 3 is 2.67 bits per heavy atom. The maximum absolute atomic E-state index is 13.2. The quantitative estimate of drug-likeness (QED) is 0.474. The van der Waals surface area contributed by atoms with Gasteiger partial charge in [-0.25, -0.2) is 13.5 Å². The lowest BCUT2D eigenvalue weighted by Crippen LogP contribution is -2.21. The van der Waals surface area contributed by atoms with Crippen LogP contribution in [0.3, 0.4) is 0 Å². The minimum absolute atomic E-state index is 0.0950. The largest absolute Gasteiger partial charge is 0.418 e. The molecule has 0 aliphatic carbocycles. The highest BCUT2D eigenvalue weighted by atomic mass is 127. The molecule has 5 nitrogen and oxygen atoms in total. The summed E-state index contributed by atoms with van der Waals surface area (Å²) >= 11 is 1.72. The van der Waals surface area contributed by atoms with Crippen LogP contribution in [-0.4, -0.2) is 22.1 Å². The van der Waals surface area contributed by atoms with Gasteiger partial charge in [0.05, 0.1) is 17.4 Å². The monoisotopic (exact) mass is 496 g/mol. The number of carbonyl (C=O) groups excluding carboxylic acids is 1. The van der Waals surface area contributed by atoms with Gasteiger partial charge in [-0.1, -0.05) is 6.58 Å². The third-order valence-corrected chi connectivity index (χ3v) is 4.29. The zero-order valence-electron chi connectivity index (χ0n) is 13.2. The van der Waals surface area contributed by atoms with Crippen molar-refractivity contribution < 1.29 is 26.7 Å². The highest BCUT2D eigenvalue weighted by molar-refractivity contribution is 14.1. The van der Waals surface area contributed by atoms with E-state index in [2.05, 4.69) is 22.3 Å². The van der Waals surface area contributed by atoms with Crippen LogP contribution in [0.2, 0.25) is 0 Å². The van der Waals surface area contributed by atoms with Crippen molar-refractivity contribution in [3.05, 3.63) is 57.4 Å². The van der Waals surface area contributed by atoms with Crippen molar-refractivity contribution >= 4 is 45.7 Å². The molecular weight excluding hydrogens is 486 g/mol. The van der Waals surface area contributed by atoms with Crippen molar-refractivity contribution in [1.29, 1.82) is 0 Å². The summed E-state index contributed by atoms with van der Waals surface area (Å²) in [6, 6.07) is 3.41. The molecule has 1 aromatic carbocycles. The number of rotatable bonds is 3. The number of hydrogen-bond donors (Lipinski definition) is 2.